The molecule has 1 amide bonds. The molecule has 0 saturated heterocycles. The zero-order chi connectivity index (χ0) is 19.8. The summed E-state index contributed by atoms with van der Waals surface area (Å²) < 4.78 is 0. The van der Waals surface area contributed by atoms with E-state index < -0.39 is 0 Å². The average Bonchev–Trinajstić information content (AvgIpc) is 2.74. The second-order valence-electron chi connectivity index (χ2n) is 7.09. The van der Waals surface area contributed by atoms with Crippen LogP contribution in [0.4, 0.5) is 0 Å². The molecule has 3 heteroatoms. The number of Topliss-reactive ketones (excluding diaryl/α,β-unsaturated/α-hetero) is 1. The number of amides is 1. The molecule has 3 rings (SSSR count). The number of benzene rings is 3. The number of ketones is 1. The molecule has 0 saturated carbocycles. The van der Waals surface area contributed by atoms with E-state index in [0.29, 0.717) is 13.0 Å². The minimum atomic E-state index is -0.334. The van der Waals surface area contributed by atoms with Gasteiger partial charge in [-0.15, -0.1) is 0 Å². The van der Waals surface area contributed by atoms with E-state index in [1.807, 2.05) is 72.8 Å². The van der Waals surface area contributed by atoms with Crippen molar-refractivity contribution >= 4 is 11.7 Å². The molecular weight excluding hydrogens is 346 g/mol. The van der Waals surface area contributed by atoms with Gasteiger partial charge in [-0.2, -0.15) is 0 Å². The highest BCUT2D eigenvalue weighted by Gasteiger charge is 2.17. The minimum Gasteiger partial charge on any atom is -0.352 e. The number of rotatable bonds is 8. The fraction of sp³-hybridized carbons (Fsp3) is 0.200. The van der Waals surface area contributed by atoms with Gasteiger partial charge < -0.3 is 5.32 Å². The van der Waals surface area contributed by atoms with Crippen LogP contribution in [0.2, 0.25) is 0 Å². The van der Waals surface area contributed by atoms with Crippen LogP contribution in [0, 0.1) is 5.92 Å². The van der Waals surface area contributed by atoms with E-state index in [4.69, 9.17) is 0 Å². The van der Waals surface area contributed by atoms with Crippen LogP contribution in [0.25, 0.3) is 11.1 Å². The molecule has 0 fully saturated rings. The van der Waals surface area contributed by atoms with Crippen molar-refractivity contribution in [3.05, 3.63) is 96.1 Å². The molecule has 0 bridgehead atoms. The van der Waals surface area contributed by atoms with Gasteiger partial charge in [-0.05, 0) is 22.3 Å². The molecular formula is C25H25NO2. The monoisotopic (exact) mass is 371 g/mol. The van der Waals surface area contributed by atoms with Crippen LogP contribution in [0.5, 0.6) is 0 Å². The predicted octanol–water partition coefficient (Wildman–Crippen LogP) is 4.81. The molecule has 0 heterocycles. The smallest absolute Gasteiger partial charge is 0.223 e. The Labute approximate surface area is 166 Å². The maximum absolute atomic E-state index is 12.4. The Morgan fingerprint density at radius 3 is 1.96 bits per heavy atom. The maximum Gasteiger partial charge on any atom is 0.223 e. The van der Waals surface area contributed by atoms with Crippen LogP contribution in [-0.4, -0.2) is 11.7 Å². The van der Waals surface area contributed by atoms with Gasteiger partial charge >= 0.3 is 0 Å². The van der Waals surface area contributed by atoms with Gasteiger partial charge in [0, 0.05) is 25.3 Å². The van der Waals surface area contributed by atoms with Crippen molar-refractivity contribution < 1.29 is 9.59 Å². The summed E-state index contributed by atoms with van der Waals surface area (Å²) in [6.07, 6.45) is 0.604. The number of nitrogens with one attached hydrogen (secondary N) is 1. The van der Waals surface area contributed by atoms with Gasteiger partial charge in [-0.1, -0.05) is 91.9 Å². The Kier molecular flexibility index (Phi) is 6.74. The Morgan fingerprint density at radius 1 is 0.750 bits per heavy atom. The quantitative estimate of drug-likeness (QED) is 0.618. The molecule has 0 aliphatic rings. The summed E-state index contributed by atoms with van der Waals surface area (Å²) in [5.41, 5.74) is 4.31. The Morgan fingerprint density at radius 2 is 1.32 bits per heavy atom. The zero-order valence-corrected chi connectivity index (χ0v) is 16.1. The van der Waals surface area contributed by atoms with Gasteiger partial charge in [0.05, 0.1) is 0 Å². The van der Waals surface area contributed by atoms with Gasteiger partial charge in [-0.3, -0.25) is 9.59 Å². The first kappa shape index (κ1) is 19.6. The van der Waals surface area contributed by atoms with Crippen molar-refractivity contribution in [2.24, 2.45) is 5.92 Å². The van der Waals surface area contributed by atoms with Crippen LogP contribution >= 0.6 is 0 Å². The van der Waals surface area contributed by atoms with Crippen LogP contribution < -0.4 is 5.32 Å². The van der Waals surface area contributed by atoms with Crippen molar-refractivity contribution in [2.45, 2.75) is 26.3 Å². The highest BCUT2D eigenvalue weighted by Crippen LogP contribution is 2.20. The van der Waals surface area contributed by atoms with Crippen LogP contribution in [-0.2, 0) is 22.6 Å². The number of hydrogen-bond donors (Lipinski definition) is 1. The van der Waals surface area contributed by atoms with Gasteiger partial charge in [0.2, 0.25) is 5.91 Å². The molecule has 28 heavy (non-hydrogen) atoms. The van der Waals surface area contributed by atoms with Gasteiger partial charge in [0.25, 0.3) is 0 Å². The fourth-order valence-electron chi connectivity index (χ4n) is 3.14. The third kappa shape index (κ3) is 5.65. The molecule has 0 spiro atoms. The van der Waals surface area contributed by atoms with E-state index in [-0.39, 0.29) is 24.0 Å². The number of carbonyl (C=O) groups is 2. The van der Waals surface area contributed by atoms with Gasteiger partial charge in [0.1, 0.15) is 5.78 Å². The van der Waals surface area contributed by atoms with E-state index in [0.717, 1.165) is 22.3 Å². The lowest BCUT2D eigenvalue weighted by atomic mass is 9.97. The highest BCUT2D eigenvalue weighted by molar-refractivity contribution is 5.87. The van der Waals surface area contributed by atoms with E-state index in [9.17, 15) is 9.59 Å². The lowest BCUT2D eigenvalue weighted by molar-refractivity contribution is -0.128. The predicted molar refractivity (Wildman–Crippen MR) is 113 cm³/mol. The van der Waals surface area contributed by atoms with Crippen molar-refractivity contribution in [2.75, 3.05) is 0 Å². The summed E-state index contributed by atoms with van der Waals surface area (Å²) in [4.78, 5) is 24.6. The van der Waals surface area contributed by atoms with Crippen molar-refractivity contribution in [3.63, 3.8) is 0 Å². The molecule has 0 radical (unpaired) electrons. The molecule has 3 aromatic carbocycles. The van der Waals surface area contributed by atoms with Gasteiger partial charge in [-0.25, -0.2) is 0 Å². The fourth-order valence-corrected chi connectivity index (χ4v) is 3.14. The van der Waals surface area contributed by atoms with Crippen LogP contribution in [0.15, 0.2) is 84.9 Å². The highest BCUT2D eigenvalue weighted by atomic mass is 16.2. The lowest BCUT2D eigenvalue weighted by Gasteiger charge is -2.12. The zero-order valence-electron chi connectivity index (χ0n) is 16.1. The van der Waals surface area contributed by atoms with E-state index in [2.05, 4.69) is 17.4 Å². The molecule has 3 aromatic rings. The first-order chi connectivity index (χ1) is 13.6. The minimum absolute atomic E-state index is 0.0785. The van der Waals surface area contributed by atoms with Crippen LogP contribution in [0.3, 0.4) is 0 Å². The summed E-state index contributed by atoms with van der Waals surface area (Å²) in [7, 11) is 0. The van der Waals surface area contributed by atoms with Crippen molar-refractivity contribution in [1.29, 1.82) is 0 Å². The lowest BCUT2D eigenvalue weighted by Crippen LogP contribution is -2.30. The standard InChI is InChI=1S/C25H25NO2/c1-19(25(28)26-18-21-8-4-2-5-9-21)16-24(27)17-20-12-14-23(15-13-20)22-10-6-3-7-11-22/h2-15,19H,16-18H2,1H3,(H,26,28)/t19-/m1/s1. The second-order valence-corrected chi connectivity index (χ2v) is 7.09. The van der Waals surface area contributed by atoms with E-state index >= 15 is 0 Å². The molecule has 0 aromatic heterocycles. The SMILES string of the molecule is C[C@H](CC(=O)Cc1ccc(-c2ccccc2)cc1)C(=O)NCc1ccccc1. The topological polar surface area (TPSA) is 46.2 Å². The molecule has 1 N–H and O–H groups in total. The van der Waals surface area contributed by atoms with Gasteiger partial charge in [0.15, 0.2) is 0 Å². The largest absolute Gasteiger partial charge is 0.352 e. The summed E-state index contributed by atoms with van der Waals surface area (Å²) >= 11 is 0. The van der Waals surface area contributed by atoms with E-state index in [1.54, 1.807) is 6.92 Å². The summed E-state index contributed by atoms with van der Waals surface area (Å²) in [5.74, 6) is -0.341. The summed E-state index contributed by atoms with van der Waals surface area (Å²) in [6, 6.07) is 28.0. The molecule has 0 unspecified atom stereocenters. The average molecular weight is 371 g/mol. The van der Waals surface area contributed by atoms with Crippen molar-refractivity contribution in [3.8, 4) is 11.1 Å². The molecule has 0 aliphatic heterocycles. The van der Waals surface area contributed by atoms with E-state index in [1.165, 1.54) is 0 Å². The molecule has 0 aliphatic carbocycles. The Hall–Kier alpha value is -3.20. The summed E-state index contributed by atoms with van der Waals surface area (Å²) in [5, 5.41) is 2.90. The number of carbonyl (C=O) groups excluding carboxylic acids is 2. The first-order valence-corrected chi connectivity index (χ1v) is 9.59. The molecule has 3 nitrogen and oxygen atoms in total. The molecule has 142 valence electrons. The third-order valence-corrected chi connectivity index (χ3v) is 4.75. The second kappa shape index (κ2) is 9.65. The Bertz CT molecular complexity index is 902. The number of hydrogen-bond acceptors (Lipinski definition) is 2. The maximum atomic E-state index is 12.4. The first-order valence-electron chi connectivity index (χ1n) is 9.59. The summed E-state index contributed by atoms with van der Waals surface area (Å²) in [6.45, 7) is 2.29. The third-order valence-electron chi connectivity index (χ3n) is 4.75. The normalized spacial score (nSPS) is 11.6. The van der Waals surface area contributed by atoms with Crippen LogP contribution in [0.1, 0.15) is 24.5 Å². The molecule has 1 atom stereocenters. The van der Waals surface area contributed by atoms with Crippen molar-refractivity contribution in [1.82, 2.24) is 5.32 Å². The Balaban J connectivity index is 1.48.